The lowest BCUT2D eigenvalue weighted by Gasteiger charge is -2.10. The van der Waals surface area contributed by atoms with Gasteiger partial charge < -0.3 is 0 Å². The monoisotopic (exact) mass is 472 g/mol. The summed E-state index contributed by atoms with van der Waals surface area (Å²) in [6, 6.07) is 25.8. The van der Waals surface area contributed by atoms with E-state index in [9.17, 15) is 4.79 Å². The van der Waals surface area contributed by atoms with Gasteiger partial charge in [0.1, 0.15) is 16.7 Å². The number of para-hydroxylation sites is 2. The van der Waals surface area contributed by atoms with Gasteiger partial charge in [0.05, 0.1) is 17.2 Å². The molecular formula is C29H24N6O. The average molecular weight is 473 g/mol. The fraction of sp³-hybridized carbons (Fsp3) is 0.138. The first-order valence-corrected chi connectivity index (χ1v) is 11.9. The zero-order valence-electron chi connectivity index (χ0n) is 20.1. The van der Waals surface area contributed by atoms with Crippen LogP contribution >= 0.6 is 0 Å². The zero-order chi connectivity index (χ0) is 24.6. The quantitative estimate of drug-likeness (QED) is 0.330. The van der Waals surface area contributed by atoms with Crippen molar-refractivity contribution in [3.8, 4) is 0 Å². The summed E-state index contributed by atoms with van der Waals surface area (Å²) in [5, 5.41) is 5.18. The third-order valence-electron chi connectivity index (χ3n) is 6.50. The Hall–Kier alpha value is -4.65. The lowest BCUT2D eigenvalue weighted by Crippen LogP contribution is -2.25. The number of rotatable bonds is 5. The van der Waals surface area contributed by atoms with Crippen molar-refractivity contribution in [3.63, 3.8) is 0 Å². The van der Waals surface area contributed by atoms with Crippen LogP contribution < -0.4 is 5.56 Å². The largest absolute Gasteiger partial charge is 0.296 e. The smallest absolute Gasteiger partial charge is 0.265 e. The number of hydrogen-bond donors (Lipinski definition) is 0. The Morgan fingerprint density at radius 2 is 1.50 bits per heavy atom. The van der Waals surface area contributed by atoms with E-state index >= 15 is 0 Å². The van der Waals surface area contributed by atoms with Gasteiger partial charge in [0, 0.05) is 6.54 Å². The third-order valence-corrected chi connectivity index (χ3v) is 6.50. The van der Waals surface area contributed by atoms with Gasteiger partial charge in [-0.25, -0.2) is 15.0 Å². The third kappa shape index (κ3) is 3.75. The summed E-state index contributed by atoms with van der Waals surface area (Å²) >= 11 is 0. The number of benzene rings is 3. The van der Waals surface area contributed by atoms with E-state index in [1.165, 1.54) is 5.56 Å². The number of nitrogens with zero attached hydrogens (tertiary/aromatic N) is 6. The normalized spacial score (nSPS) is 11.8. The van der Waals surface area contributed by atoms with Crippen molar-refractivity contribution in [1.82, 2.24) is 24.2 Å². The topological polar surface area (TPSA) is 78.0 Å². The molecule has 3 aromatic heterocycles. The van der Waals surface area contributed by atoms with E-state index in [-0.39, 0.29) is 5.56 Å². The molecule has 0 saturated heterocycles. The Morgan fingerprint density at radius 1 is 0.806 bits per heavy atom. The van der Waals surface area contributed by atoms with Gasteiger partial charge in [0.2, 0.25) is 0 Å². The lowest BCUT2D eigenvalue weighted by atomic mass is 10.1. The van der Waals surface area contributed by atoms with Crippen LogP contribution in [0.25, 0.3) is 33.2 Å². The molecule has 0 fully saturated rings. The minimum absolute atomic E-state index is 0.132. The molecule has 6 rings (SSSR count). The highest BCUT2D eigenvalue weighted by Crippen LogP contribution is 2.25. The molecule has 3 heterocycles. The van der Waals surface area contributed by atoms with Crippen LogP contribution in [0, 0.1) is 13.8 Å². The second-order valence-electron chi connectivity index (χ2n) is 8.85. The van der Waals surface area contributed by atoms with Crippen LogP contribution in [0.2, 0.25) is 0 Å². The first-order valence-electron chi connectivity index (χ1n) is 11.9. The first-order chi connectivity index (χ1) is 17.6. The maximum absolute atomic E-state index is 13.9. The van der Waals surface area contributed by atoms with E-state index in [0.29, 0.717) is 34.6 Å². The Bertz CT molecular complexity index is 1830. The summed E-state index contributed by atoms with van der Waals surface area (Å²) in [5.74, 6) is 0.628. The van der Waals surface area contributed by atoms with Crippen molar-refractivity contribution in [2.45, 2.75) is 26.8 Å². The molecular weight excluding hydrogens is 448 g/mol. The van der Waals surface area contributed by atoms with Crippen molar-refractivity contribution in [2.75, 3.05) is 0 Å². The summed E-state index contributed by atoms with van der Waals surface area (Å²) in [6.07, 6.45) is 2.51. The second kappa shape index (κ2) is 8.85. The van der Waals surface area contributed by atoms with E-state index in [1.54, 1.807) is 15.5 Å². The molecule has 7 heteroatoms. The minimum Gasteiger partial charge on any atom is -0.296 e. The molecule has 0 saturated carbocycles. The van der Waals surface area contributed by atoms with Gasteiger partial charge in [0.15, 0.2) is 11.3 Å². The average Bonchev–Trinajstić information content (AvgIpc) is 3.19. The molecule has 0 aliphatic heterocycles. The summed E-state index contributed by atoms with van der Waals surface area (Å²) in [6.45, 7) is 4.42. The second-order valence-corrected chi connectivity index (χ2v) is 8.85. The molecule has 0 aliphatic carbocycles. The fourth-order valence-corrected chi connectivity index (χ4v) is 4.52. The molecule has 3 aromatic carbocycles. The van der Waals surface area contributed by atoms with E-state index < -0.39 is 0 Å². The first kappa shape index (κ1) is 21.9. The minimum atomic E-state index is -0.132. The zero-order valence-corrected chi connectivity index (χ0v) is 20.1. The van der Waals surface area contributed by atoms with E-state index in [0.717, 1.165) is 28.6 Å². The fourth-order valence-electron chi connectivity index (χ4n) is 4.52. The van der Waals surface area contributed by atoms with Crippen LogP contribution in [-0.2, 0) is 13.0 Å². The van der Waals surface area contributed by atoms with Gasteiger partial charge in [-0.05, 0) is 49.1 Å². The molecule has 7 nitrogen and oxygen atoms in total. The van der Waals surface area contributed by atoms with Crippen LogP contribution in [0.1, 0.15) is 22.5 Å². The summed E-state index contributed by atoms with van der Waals surface area (Å²) < 4.78 is 3.37. The highest BCUT2D eigenvalue weighted by molar-refractivity contribution is 6.05. The van der Waals surface area contributed by atoms with Crippen molar-refractivity contribution in [1.29, 1.82) is 0 Å². The van der Waals surface area contributed by atoms with Crippen LogP contribution in [0.3, 0.4) is 0 Å². The number of hydrogen-bond acceptors (Lipinski definition) is 5. The van der Waals surface area contributed by atoms with Gasteiger partial charge in [-0.3, -0.25) is 9.36 Å². The SMILES string of the molecule is Cc1ccccc1C=Nn1c2nc3ccccc3nc2c2c(=O)n(CCc3ccccc3)c(C)nc21. The van der Waals surface area contributed by atoms with Crippen molar-refractivity contribution in [3.05, 3.63) is 112 Å². The number of fused-ring (bicyclic) bond motifs is 4. The predicted octanol–water partition coefficient (Wildman–Crippen LogP) is 5.04. The van der Waals surface area contributed by atoms with Crippen molar-refractivity contribution < 1.29 is 0 Å². The summed E-state index contributed by atoms with van der Waals surface area (Å²) in [4.78, 5) is 28.4. The predicted molar refractivity (Wildman–Crippen MR) is 144 cm³/mol. The van der Waals surface area contributed by atoms with Gasteiger partial charge >= 0.3 is 0 Å². The highest BCUT2D eigenvalue weighted by atomic mass is 16.1. The van der Waals surface area contributed by atoms with E-state index in [4.69, 9.17) is 20.1 Å². The molecule has 0 unspecified atom stereocenters. The molecule has 0 spiro atoms. The van der Waals surface area contributed by atoms with Crippen molar-refractivity contribution in [2.24, 2.45) is 5.10 Å². The Kier molecular flexibility index (Phi) is 5.37. The molecule has 36 heavy (non-hydrogen) atoms. The highest BCUT2D eigenvalue weighted by Gasteiger charge is 2.21. The van der Waals surface area contributed by atoms with Gasteiger partial charge in [-0.15, -0.1) is 0 Å². The molecule has 0 atom stereocenters. The Balaban J connectivity index is 1.59. The van der Waals surface area contributed by atoms with Gasteiger partial charge in [-0.2, -0.15) is 9.78 Å². The van der Waals surface area contributed by atoms with E-state index in [2.05, 4.69) is 12.1 Å². The Morgan fingerprint density at radius 3 is 2.28 bits per heavy atom. The lowest BCUT2D eigenvalue weighted by molar-refractivity contribution is 0.636. The molecule has 0 bridgehead atoms. The molecule has 176 valence electrons. The van der Waals surface area contributed by atoms with Crippen molar-refractivity contribution >= 4 is 39.4 Å². The maximum Gasteiger partial charge on any atom is 0.265 e. The molecule has 0 amide bonds. The standard InChI is InChI=1S/C29H24N6O/c1-19-10-6-7-13-22(19)18-30-35-27-25(26-28(35)33-24-15-9-8-14-23(24)32-26)29(36)34(20(2)31-27)17-16-21-11-4-3-5-12-21/h3-15,18H,16-17H2,1-2H3. The van der Waals surface area contributed by atoms with Gasteiger partial charge in [-0.1, -0.05) is 66.7 Å². The summed E-state index contributed by atoms with van der Waals surface area (Å²) in [5.41, 5.74) is 6.07. The maximum atomic E-state index is 13.9. The van der Waals surface area contributed by atoms with Crippen LogP contribution in [0.15, 0.2) is 88.8 Å². The Labute approximate surface area is 207 Å². The summed E-state index contributed by atoms with van der Waals surface area (Å²) in [7, 11) is 0. The molecule has 6 aromatic rings. The molecule has 0 radical (unpaired) electrons. The van der Waals surface area contributed by atoms with Crippen LogP contribution in [-0.4, -0.2) is 30.4 Å². The number of aryl methyl sites for hydroxylation is 3. The molecule has 0 aliphatic rings. The van der Waals surface area contributed by atoms with E-state index in [1.807, 2.05) is 80.6 Å². The van der Waals surface area contributed by atoms with Gasteiger partial charge in [0.25, 0.3) is 5.56 Å². The van der Waals surface area contributed by atoms with Crippen LogP contribution in [0.4, 0.5) is 0 Å². The van der Waals surface area contributed by atoms with Crippen LogP contribution in [0.5, 0.6) is 0 Å². The molecule has 0 N–H and O–H groups in total. The number of aromatic nitrogens is 5.